The maximum Gasteiger partial charge on any atom is 0.240 e. The zero-order valence-corrected chi connectivity index (χ0v) is 15.2. The summed E-state index contributed by atoms with van der Waals surface area (Å²) in [4.78, 5) is 17.5. The first-order valence-corrected chi connectivity index (χ1v) is 9.46. The molecule has 0 N–H and O–H groups in total. The summed E-state index contributed by atoms with van der Waals surface area (Å²) in [5.41, 5.74) is 1.09. The van der Waals surface area contributed by atoms with E-state index in [4.69, 9.17) is 16.3 Å². The van der Waals surface area contributed by atoms with E-state index in [-0.39, 0.29) is 18.1 Å². The lowest BCUT2D eigenvalue weighted by Gasteiger charge is -2.40. The molecule has 0 spiro atoms. The lowest BCUT2D eigenvalue weighted by molar-refractivity contribution is -0.146. The van der Waals surface area contributed by atoms with Gasteiger partial charge in [-0.3, -0.25) is 9.69 Å². The zero-order chi connectivity index (χ0) is 16.9. The van der Waals surface area contributed by atoms with E-state index in [0.29, 0.717) is 19.7 Å². The molecule has 24 heavy (non-hydrogen) atoms. The highest BCUT2D eigenvalue weighted by Gasteiger charge is 2.34. The van der Waals surface area contributed by atoms with E-state index < -0.39 is 0 Å². The van der Waals surface area contributed by atoms with Crippen LogP contribution in [0.25, 0.3) is 0 Å². The second kappa shape index (κ2) is 8.32. The van der Waals surface area contributed by atoms with E-state index in [0.717, 1.165) is 42.9 Å². The number of piperidine rings is 1. The van der Waals surface area contributed by atoms with Crippen LogP contribution in [-0.2, 0) is 9.53 Å². The fourth-order valence-electron chi connectivity index (χ4n) is 3.76. The molecule has 4 nitrogen and oxygen atoms in total. The third-order valence-corrected chi connectivity index (χ3v) is 5.28. The zero-order valence-electron chi connectivity index (χ0n) is 14.4. The second-order valence-electron chi connectivity index (χ2n) is 6.74. The summed E-state index contributed by atoms with van der Waals surface area (Å²) >= 11 is 5.97. The van der Waals surface area contributed by atoms with Crippen LogP contribution in [0.4, 0.5) is 0 Å². The van der Waals surface area contributed by atoms with Gasteiger partial charge in [0.15, 0.2) is 0 Å². The number of ether oxygens (including phenoxy) is 1. The molecule has 2 fully saturated rings. The third-order valence-electron chi connectivity index (χ3n) is 5.03. The molecule has 2 heterocycles. The van der Waals surface area contributed by atoms with Crippen LogP contribution < -0.4 is 0 Å². The number of amides is 1. The number of benzene rings is 1. The molecular weight excluding hydrogens is 324 g/mol. The van der Waals surface area contributed by atoms with Gasteiger partial charge in [0.2, 0.25) is 5.91 Å². The first-order chi connectivity index (χ1) is 11.7. The fraction of sp³-hybridized carbons (Fsp3) is 0.632. The van der Waals surface area contributed by atoms with Crippen molar-refractivity contribution in [3.8, 4) is 0 Å². The largest absolute Gasteiger partial charge is 0.370 e. The molecule has 2 atom stereocenters. The highest BCUT2D eigenvalue weighted by molar-refractivity contribution is 6.30. The van der Waals surface area contributed by atoms with Crippen molar-refractivity contribution in [1.29, 1.82) is 0 Å². The summed E-state index contributed by atoms with van der Waals surface area (Å²) in [6.07, 6.45) is 4.40. The van der Waals surface area contributed by atoms with Crippen LogP contribution in [0.2, 0.25) is 5.02 Å². The number of nitrogens with zero attached hydrogens (tertiary/aromatic N) is 2. The van der Waals surface area contributed by atoms with Crippen LogP contribution in [0.3, 0.4) is 0 Å². The topological polar surface area (TPSA) is 32.8 Å². The minimum Gasteiger partial charge on any atom is -0.370 e. The monoisotopic (exact) mass is 350 g/mol. The Morgan fingerprint density at radius 2 is 2.04 bits per heavy atom. The Kier molecular flexibility index (Phi) is 6.14. The number of carbonyl (C=O) groups excluding carboxylic acids is 1. The normalized spacial score (nSPS) is 25.7. The molecule has 0 radical (unpaired) electrons. The summed E-state index contributed by atoms with van der Waals surface area (Å²) < 4.78 is 5.90. The van der Waals surface area contributed by atoms with Crippen molar-refractivity contribution in [2.45, 2.75) is 44.8 Å². The highest BCUT2D eigenvalue weighted by atomic mass is 35.5. The molecule has 1 aromatic rings. The van der Waals surface area contributed by atoms with Crippen molar-refractivity contribution in [2.75, 3.05) is 32.8 Å². The van der Waals surface area contributed by atoms with Crippen LogP contribution in [-0.4, -0.2) is 54.5 Å². The van der Waals surface area contributed by atoms with Gasteiger partial charge in [-0.25, -0.2) is 0 Å². The highest BCUT2D eigenvalue weighted by Crippen LogP contribution is 2.26. The number of morpholine rings is 1. The first-order valence-electron chi connectivity index (χ1n) is 9.09. The van der Waals surface area contributed by atoms with Gasteiger partial charge < -0.3 is 9.64 Å². The van der Waals surface area contributed by atoms with Gasteiger partial charge in [-0.1, -0.05) is 37.1 Å². The smallest absolute Gasteiger partial charge is 0.240 e. The molecule has 1 aromatic carbocycles. The van der Waals surface area contributed by atoms with Gasteiger partial charge in [0.05, 0.1) is 19.2 Å². The van der Waals surface area contributed by atoms with E-state index in [1.807, 2.05) is 29.2 Å². The average molecular weight is 351 g/mol. The molecule has 0 bridgehead atoms. The minimum absolute atomic E-state index is 0.0526. The van der Waals surface area contributed by atoms with Crippen molar-refractivity contribution in [1.82, 2.24) is 9.80 Å². The van der Waals surface area contributed by atoms with Gasteiger partial charge in [-0.2, -0.15) is 0 Å². The van der Waals surface area contributed by atoms with E-state index in [9.17, 15) is 4.79 Å². The molecule has 2 unspecified atom stereocenters. The van der Waals surface area contributed by atoms with Crippen molar-refractivity contribution in [2.24, 2.45) is 0 Å². The van der Waals surface area contributed by atoms with Crippen molar-refractivity contribution >= 4 is 17.5 Å². The average Bonchev–Trinajstić information content (AvgIpc) is 2.63. The number of hydrogen-bond donors (Lipinski definition) is 0. The Bertz CT molecular complexity index is 547. The summed E-state index contributed by atoms with van der Waals surface area (Å²) in [6.45, 7) is 6.17. The Morgan fingerprint density at radius 1 is 1.25 bits per heavy atom. The first kappa shape index (κ1) is 17.7. The van der Waals surface area contributed by atoms with E-state index in [2.05, 4.69) is 11.8 Å². The van der Waals surface area contributed by atoms with E-state index >= 15 is 0 Å². The molecule has 3 rings (SSSR count). The fourth-order valence-corrected chi connectivity index (χ4v) is 3.89. The Morgan fingerprint density at radius 3 is 2.79 bits per heavy atom. The molecule has 0 aliphatic carbocycles. The van der Waals surface area contributed by atoms with Crippen LogP contribution in [0.1, 0.15) is 44.3 Å². The molecular formula is C19H27ClN2O2. The van der Waals surface area contributed by atoms with Crippen molar-refractivity contribution in [3.05, 3.63) is 34.9 Å². The van der Waals surface area contributed by atoms with E-state index in [1.54, 1.807) is 0 Å². The predicted molar refractivity (Wildman–Crippen MR) is 96.2 cm³/mol. The van der Waals surface area contributed by atoms with Gasteiger partial charge in [-0.15, -0.1) is 0 Å². The van der Waals surface area contributed by atoms with Gasteiger partial charge in [0.1, 0.15) is 6.10 Å². The summed E-state index contributed by atoms with van der Waals surface area (Å²) in [5, 5.41) is 0.722. The van der Waals surface area contributed by atoms with Gasteiger partial charge in [0, 0.05) is 11.6 Å². The molecule has 0 aromatic heterocycles. The van der Waals surface area contributed by atoms with Crippen LogP contribution in [0, 0.1) is 0 Å². The number of halogens is 1. The summed E-state index contributed by atoms with van der Waals surface area (Å²) in [5.74, 6) is 0.283. The lowest BCUT2D eigenvalue weighted by Crippen LogP contribution is -2.53. The molecule has 1 amide bonds. The standard InChI is InChI=1S/C19H27ClN2O2/c1-2-10-21-11-4-3-5-17(21)19(23)22-12-13-24-18(14-22)15-6-8-16(20)9-7-15/h6-9,17-18H,2-5,10-14H2,1H3. The second-order valence-corrected chi connectivity index (χ2v) is 7.18. The van der Waals surface area contributed by atoms with Crippen molar-refractivity contribution < 1.29 is 9.53 Å². The minimum atomic E-state index is -0.0526. The summed E-state index contributed by atoms with van der Waals surface area (Å²) in [7, 11) is 0. The maximum atomic E-state index is 13.1. The van der Waals surface area contributed by atoms with Gasteiger partial charge in [0.25, 0.3) is 0 Å². The summed E-state index contributed by atoms with van der Waals surface area (Å²) in [6, 6.07) is 7.80. The quantitative estimate of drug-likeness (QED) is 0.833. The number of carbonyl (C=O) groups is 1. The van der Waals surface area contributed by atoms with Crippen LogP contribution in [0.5, 0.6) is 0 Å². The molecule has 2 saturated heterocycles. The van der Waals surface area contributed by atoms with Crippen molar-refractivity contribution in [3.63, 3.8) is 0 Å². The van der Waals surface area contributed by atoms with Gasteiger partial charge in [-0.05, 0) is 50.0 Å². The van der Waals surface area contributed by atoms with E-state index in [1.165, 1.54) is 6.42 Å². The lowest BCUT2D eigenvalue weighted by atomic mass is 9.99. The number of rotatable bonds is 4. The number of likely N-dealkylation sites (tertiary alicyclic amines) is 1. The SMILES string of the molecule is CCCN1CCCCC1C(=O)N1CCOC(c2ccc(Cl)cc2)C1. The third kappa shape index (κ3) is 4.11. The number of hydrogen-bond acceptors (Lipinski definition) is 3. The molecule has 2 aliphatic rings. The van der Waals surface area contributed by atoms with Gasteiger partial charge >= 0.3 is 0 Å². The molecule has 2 aliphatic heterocycles. The van der Waals surface area contributed by atoms with Crippen LogP contribution >= 0.6 is 11.6 Å². The Hall–Kier alpha value is -1.10. The Labute approximate surface area is 149 Å². The molecule has 132 valence electrons. The molecule has 0 saturated carbocycles. The predicted octanol–water partition coefficient (Wildman–Crippen LogP) is 3.50. The van der Waals surface area contributed by atoms with Crippen LogP contribution in [0.15, 0.2) is 24.3 Å². The Balaban J connectivity index is 1.67. The maximum absolute atomic E-state index is 13.1. The molecule has 5 heteroatoms.